The smallest absolute Gasteiger partial charge is 0.399 e. The van der Waals surface area contributed by atoms with Crippen molar-refractivity contribution < 1.29 is 36.0 Å². The van der Waals surface area contributed by atoms with Crippen LogP contribution in [-0.2, 0) is 24.1 Å². The lowest BCUT2D eigenvalue weighted by molar-refractivity contribution is -0.0371. The third-order valence-corrected chi connectivity index (χ3v) is 9.44. The van der Waals surface area contributed by atoms with E-state index in [1.165, 1.54) is 4.68 Å². The van der Waals surface area contributed by atoms with Crippen LogP contribution in [-0.4, -0.2) is 59.6 Å². The molecule has 0 saturated carbocycles. The van der Waals surface area contributed by atoms with E-state index in [-0.39, 0.29) is 11.4 Å². The molecule has 3 aromatic rings. The summed E-state index contributed by atoms with van der Waals surface area (Å²) in [5.74, 6) is -3.65. The predicted octanol–water partition coefficient (Wildman–Crippen LogP) is 4.48. The summed E-state index contributed by atoms with van der Waals surface area (Å²) in [7, 11) is -4.83. The molecule has 2 aromatic heterocycles. The van der Waals surface area contributed by atoms with E-state index in [2.05, 4.69) is 10.1 Å². The predicted molar refractivity (Wildman–Crippen MR) is 154 cm³/mol. The van der Waals surface area contributed by atoms with Gasteiger partial charge in [0.15, 0.2) is 17.7 Å². The zero-order valence-electron chi connectivity index (χ0n) is 24.4. The standard InChI is InChI=1S/C28H35BF2N4O6S/c1-6-7-14-42(37,38)34-24-20(30)12-11-18(22(24)31)25(36)23-19-15-17(29-40-27(2,3)28(4,5)41-29)16-32-26(19)35(33-23)21-10-8-9-13-39-21/h11-12,15-16,21,34H,6-10,13-14H2,1-5H3. The zero-order valence-corrected chi connectivity index (χ0v) is 25.2. The van der Waals surface area contributed by atoms with Crippen LogP contribution in [0.4, 0.5) is 14.5 Å². The third kappa shape index (κ3) is 5.69. The minimum Gasteiger partial charge on any atom is -0.399 e. The molecule has 1 N–H and O–H groups in total. The Morgan fingerprint density at radius 3 is 2.52 bits per heavy atom. The number of anilines is 1. The normalized spacial score (nSPS) is 20.3. The first-order valence-electron chi connectivity index (χ1n) is 14.1. The molecule has 0 bridgehead atoms. The molecule has 2 saturated heterocycles. The largest absolute Gasteiger partial charge is 0.496 e. The number of carbonyl (C=O) groups is 1. The molecule has 1 unspecified atom stereocenters. The summed E-state index contributed by atoms with van der Waals surface area (Å²) in [6.45, 7) is 9.96. The van der Waals surface area contributed by atoms with Crippen molar-refractivity contribution in [1.82, 2.24) is 14.8 Å². The first kappa shape index (κ1) is 30.5. The number of ether oxygens (including phenoxy) is 1. The highest BCUT2D eigenvalue weighted by atomic mass is 32.2. The Kier molecular flexibility index (Phi) is 8.20. The molecule has 2 aliphatic heterocycles. The number of ketones is 1. The molecule has 0 aliphatic carbocycles. The van der Waals surface area contributed by atoms with E-state index in [0.29, 0.717) is 42.4 Å². The summed E-state index contributed by atoms with van der Waals surface area (Å²) in [5.41, 5.74) is -1.96. The van der Waals surface area contributed by atoms with Gasteiger partial charge in [0.1, 0.15) is 17.2 Å². The van der Waals surface area contributed by atoms with Crippen molar-refractivity contribution in [3.8, 4) is 0 Å². The summed E-state index contributed by atoms with van der Waals surface area (Å²) in [4.78, 5) is 18.5. The van der Waals surface area contributed by atoms with Gasteiger partial charge < -0.3 is 14.0 Å². The van der Waals surface area contributed by atoms with Gasteiger partial charge in [-0.2, -0.15) is 5.10 Å². The summed E-state index contributed by atoms with van der Waals surface area (Å²) in [6.07, 6.45) is 4.39. The van der Waals surface area contributed by atoms with Crippen molar-refractivity contribution in [3.05, 3.63) is 47.3 Å². The number of hydrogen-bond acceptors (Lipinski definition) is 8. The molecule has 10 nitrogen and oxygen atoms in total. The number of halogens is 2. The van der Waals surface area contributed by atoms with Gasteiger partial charge in [0, 0.05) is 18.3 Å². The first-order chi connectivity index (χ1) is 19.7. The van der Waals surface area contributed by atoms with E-state index in [0.717, 1.165) is 25.0 Å². The van der Waals surface area contributed by atoms with Crippen molar-refractivity contribution in [3.63, 3.8) is 0 Å². The van der Waals surface area contributed by atoms with Crippen LogP contribution in [0.5, 0.6) is 0 Å². The van der Waals surface area contributed by atoms with Gasteiger partial charge in [0.2, 0.25) is 15.8 Å². The molecule has 226 valence electrons. The highest BCUT2D eigenvalue weighted by Gasteiger charge is 2.52. The van der Waals surface area contributed by atoms with E-state index < -0.39 is 63.2 Å². The van der Waals surface area contributed by atoms with Crippen LogP contribution in [0, 0.1) is 11.6 Å². The molecule has 2 fully saturated rings. The number of carbonyl (C=O) groups excluding carboxylic acids is 1. The van der Waals surface area contributed by atoms with Gasteiger partial charge in [-0.1, -0.05) is 13.3 Å². The Morgan fingerprint density at radius 2 is 1.88 bits per heavy atom. The van der Waals surface area contributed by atoms with Crippen LogP contribution in [0.3, 0.4) is 0 Å². The average Bonchev–Trinajstić information content (AvgIpc) is 3.43. The highest BCUT2D eigenvalue weighted by molar-refractivity contribution is 7.92. The van der Waals surface area contributed by atoms with Gasteiger partial charge in [-0.05, 0) is 71.6 Å². The lowest BCUT2D eigenvalue weighted by Gasteiger charge is -2.32. The molecule has 0 amide bonds. The Morgan fingerprint density at radius 1 is 1.17 bits per heavy atom. The van der Waals surface area contributed by atoms with Crippen molar-refractivity contribution in [2.45, 2.75) is 84.2 Å². The molecule has 14 heteroatoms. The number of rotatable bonds is 9. The van der Waals surface area contributed by atoms with Gasteiger partial charge >= 0.3 is 7.12 Å². The van der Waals surface area contributed by atoms with Crippen LogP contribution in [0.1, 0.15) is 89.0 Å². The maximum Gasteiger partial charge on any atom is 0.496 e. The fourth-order valence-corrected chi connectivity index (χ4v) is 6.19. The fraction of sp³-hybridized carbons (Fsp3) is 0.536. The average molecular weight is 604 g/mol. The van der Waals surface area contributed by atoms with Gasteiger partial charge in [-0.3, -0.25) is 9.52 Å². The number of fused-ring (bicyclic) bond motifs is 1. The van der Waals surface area contributed by atoms with E-state index >= 15 is 4.39 Å². The lowest BCUT2D eigenvalue weighted by atomic mass is 9.80. The number of unbranched alkanes of at least 4 members (excludes halogenated alkanes) is 1. The van der Waals surface area contributed by atoms with Crippen LogP contribution in [0.25, 0.3) is 11.0 Å². The van der Waals surface area contributed by atoms with E-state index in [4.69, 9.17) is 14.0 Å². The van der Waals surface area contributed by atoms with Gasteiger partial charge in [0.05, 0.1) is 27.9 Å². The number of benzene rings is 1. The monoisotopic (exact) mass is 604 g/mol. The maximum absolute atomic E-state index is 15.7. The fourth-order valence-electron chi connectivity index (χ4n) is 4.92. The van der Waals surface area contributed by atoms with Crippen molar-refractivity contribution >= 4 is 45.1 Å². The van der Waals surface area contributed by atoms with Crippen molar-refractivity contribution in [2.24, 2.45) is 0 Å². The first-order valence-corrected chi connectivity index (χ1v) is 15.8. The van der Waals surface area contributed by atoms with Crippen LogP contribution in [0.2, 0.25) is 0 Å². The quantitative estimate of drug-likeness (QED) is 0.280. The molecule has 5 rings (SSSR count). The molecule has 1 aromatic carbocycles. The Bertz CT molecular complexity index is 1610. The van der Waals surface area contributed by atoms with Crippen LogP contribution >= 0.6 is 0 Å². The second kappa shape index (κ2) is 11.3. The summed E-state index contributed by atoms with van der Waals surface area (Å²) < 4.78 is 76.9. The number of aromatic nitrogens is 3. The second-order valence-electron chi connectivity index (χ2n) is 11.7. The molecule has 0 radical (unpaired) electrons. The minimum absolute atomic E-state index is 0.143. The molecule has 0 spiro atoms. The lowest BCUT2D eigenvalue weighted by Crippen LogP contribution is -2.41. The zero-order chi connectivity index (χ0) is 30.4. The van der Waals surface area contributed by atoms with E-state index in [1.807, 2.05) is 32.4 Å². The van der Waals surface area contributed by atoms with Crippen molar-refractivity contribution in [1.29, 1.82) is 0 Å². The SMILES string of the molecule is CCCCS(=O)(=O)Nc1c(F)ccc(C(=O)c2nn(C3CCCCO3)c3ncc(B4OC(C)(C)C(C)(C)O4)cc23)c1F. The highest BCUT2D eigenvalue weighted by Crippen LogP contribution is 2.37. The van der Waals surface area contributed by atoms with E-state index in [1.54, 1.807) is 19.2 Å². The molecular formula is C28H35BF2N4O6S. The molecule has 4 heterocycles. The molecule has 1 atom stereocenters. The summed E-state index contributed by atoms with van der Waals surface area (Å²) >= 11 is 0. The Balaban J connectivity index is 1.59. The summed E-state index contributed by atoms with van der Waals surface area (Å²) in [5, 5.41) is 4.82. The van der Waals surface area contributed by atoms with Crippen molar-refractivity contribution in [2.75, 3.05) is 17.1 Å². The van der Waals surface area contributed by atoms with Gasteiger partial charge in [-0.25, -0.2) is 26.9 Å². The van der Waals surface area contributed by atoms with Crippen LogP contribution in [0.15, 0.2) is 24.4 Å². The molecule has 42 heavy (non-hydrogen) atoms. The minimum atomic E-state index is -4.04. The Hall–Kier alpha value is -2.94. The second-order valence-corrected chi connectivity index (χ2v) is 13.6. The molecule has 2 aliphatic rings. The third-order valence-electron chi connectivity index (χ3n) is 8.10. The topological polar surface area (TPSA) is 122 Å². The maximum atomic E-state index is 15.7. The number of nitrogens with one attached hydrogen (secondary N) is 1. The summed E-state index contributed by atoms with van der Waals surface area (Å²) in [6, 6.07) is 3.50. The molecular weight excluding hydrogens is 569 g/mol. The number of pyridine rings is 1. The Labute approximate surface area is 244 Å². The van der Waals surface area contributed by atoms with Crippen LogP contribution < -0.4 is 10.2 Å². The van der Waals surface area contributed by atoms with Gasteiger partial charge in [-0.15, -0.1) is 0 Å². The number of nitrogens with zero attached hydrogens (tertiary/aromatic N) is 3. The van der Waals surface area contributed by atoms with Gasteiger partial charge in [0.25, 0.3) is 0 Å². The van der Waals surface area contributed by atoms with E-state index in [9.17, 15) is 17.6 Å². The number of hydrogen-bond donors (Lipinski definition) is 1. The number of sulfonamides is 1.